The van der Waals surface area contributed by atoms with Crippen LogP contribution in [0.5, 0.6) is 0 Å². The van der Waals surface area contributed by atoms with Crippen molar-refractivity contribution in [3.63, 3.8) is 0 Å². The molecule has 4 aromatic carbocycles. The first kappa shape index (κ1) is 19.9. The van der Waals surface area contributed by atoms with Gasteiger partial charge in [-0.1, -0.05) is 135 Å². The van der Waals surface area contributed by atoms with Crippen LogP contribution in [0.3, 0.4) is 0 Å². The lowest BCUT2D eigenvalue weighted by molar-refractivity contribution is 0.921. The van der Waals surface area contributed by atoms with Crippen molar-refractivity contribution in [2.45, 2.75) is 25.7 Å². The van der Waals surface area contributed by atoms with Gasteiger partial charge in [-0.3, -0.25) is 0 Å². The van der Waals surface area contributed by atoms with E-state index in [0.29, 0.717) is 0 Å². The van der Waals surface area contributed by atoms with Gasteiger partial charge in [0.1, 0.15) is 0 Å². The van der Waals surface area contributed by atoms with E-state index in [9.17, 15) is 0 Å². The van der Waals surface area contributed by atoms with Gasteiger partial charge in [0.2, 0.25) is 0 Å². The van der Waals surface area contributed by atoms with E-state index >= 15 is 0 Å². The highest BCUT2D eigenvalue weighted by molar-refractivity contribution is 5.70. The first-order valence-corrected chi connectivity index (χ1v) is 10.8. The van der Waals surface area contributed by atoms with Crippen LogP contribution in [0, 0.1) is 0 Å². The van der Waals surface area contributed by atoms with E-state index in [1.165, 1.54) is 39.8 Å². The molecule has 0 aromatic heterocycles. The molecule has 0 saturated heterocycles. The molecular formula is C30H28. The molecule has 0 unspecified atom stereocenters. The molecule has 0 N–H and O–H groups in total. The largest absolute Gasteiger partial charge is 0.0651 e. The fourth-order valence-corrected chi connectivity index (χ4v) is 4.04. The van der Waals surface area contributed by atoms with E-state index in [1.807, 2.05) is 0 Å². The highest BCUT2D eigenvalue weighted by Gasteiger charge is 2.16. The zero-order chi connectivity index (χ0) is 20.6. The molecule has 0 atom stereocenters. The lowest BCUT2D eigenvalue weighted by Gasteiger charge is -2.19. The topological polar surface area (TPSA) is 0 Å². The van der Waals surface area contributed by atoms with Crippen LogP contribution in [0.25, 0.3) is 12.2 Å². The standard InChI is InChI=1S/C30H28/c1-2-11-24-12-9-13-25(22-24)20-21-26-14-10-19-29(23-26)30(27-15-5-3-6-16-27)28-17-7-4-8-18-28/h3-10,12-23,30H,2,11H2,1H3/b21-20+. The third-order valence-electron chi connectivity index (χ3n) is 5.47. The van der Waals surface area contributed by atoms with E-state index in [1.54, 1.807) is 0 Å². The quantitative estimate of drug-likeness (QED) is 0.222. The monoisotopic (exact) mass is 388 g/mol. The molecule has 4 rings (SSSR count). The van der Waals surface area contributed by atoms with Gasteiger partial charge in [-0.2, -0.15) is 0 Å². The minimum atomic E-state index is 0.230. The van der Waals surface area contributed by atoms with Crippen molar-refractivity contribution in [1.82, 2.24) is 0 Å². The van der Waals surface area contributed by atoms with Crippen molar-refractivity contribution in [2.75, 3.05) is 0 Å². The molecule has 0 aliphatic heterocycles. The average Bonchev–Trinajstić information content (AvgIpc) is 2.80. The summed E-state index contributed by atoms with van der Waals surface area (Å²) in [6, 6.07) is 39.3. The smallest absolute Gasteiger partial charge is 0.0340 e. The van der Waals surface area contributed by atoms with Crippen molar-refractivity contribution in [2.24, 2.45) is 0 Å². The van der Waals surface area contributed by atoms with E-state index in [-0.39, 0.29) is 5.92 Å². The van der Waals surface area contributed by atoms with Crippen LogP contribution in [0.1, 0.15) is 52.6 Å². The van der Waals surface area contributed by atoms with Crippen LogP contribution in [-0.2, 0) is 6.42 Å². The van der Waals surface area contributed by atoms with Crippen molar-refractivity contribution in [1.29, 1.82) is 0 Å². The second-order valence-electron chi connectivity index (χ2n) is 7.75. The molecule has 0 heterocycles. The number of aryl methyl sites for hydroxylation is 1. The van der Waals surface area contributed by atoms with E-state index in [2.05, 4.69) is 128 Å². The van der Waals surface area contributed by atoms with Crippen molar-refractivity contribution >= 4 is 12.2 Å². The summed E-state index contributed by atoms with van der Waals surface area (Å²) in [7, 11) is 0. The molecule has 0 aliphatic carbocycles. The van der Waals surface area contributed by atoms with E-state index in [0.717, 1.165) is 6.42 Å². The van der Waals surface area contributed by atoms with Gasteiger partial charge < -0.3 is 0 Å². The Hall–Kier alpha value is -3.38. The predicted octanol–water partition coefficient (Wildman–Crippen LogP) is 7.99. The summed E-state index contributed by atoms with van der Waals surface area (Å²) < 4.78 is 0. The zero-order valence-corrected chi connectivity index (χ0v) is 17.5. The first-order chi connectivity index (χ1) is 14.8. The molecule has 0 aliphatic rings. The molecule has 148 valence electrons. The molecule has 4 aromatic rings. The third-order valence-corrected chi connectivity index (χ3v) is 5.47. The fraction of sp³-hybridized carbons (Fsp3) is 0.133. The Balaban J connectivity index is 1.66. The summed E-state index contributed by atoms with van der Waals surface area (Å²) in [5, 5.41) is 0. The van der Waals surface area contributed by atoms with Gasteiger partial charge in [0, 0.05) is 5.92 Å². The van der Waals surface area contributed by atoms with Crippen LogP contribution in [-0.4, -0.2) is 0 Å². The molecule has 0 fully saturated rings. The summed E-state index contributed by atoms with van der Waals surface area (Å²) >= 11 is 0. The Morgan fingerprint density at radius 2 is 1.10 bits per heavy atom. The minimum absolute atomic E-state index is 0.230. The third kappa shape index (κ3) is 4.96. The first-order valence-electron chi connectivity index (χ1n) is 10.8. The zero-order valence-electron chi connectivity index (χ0n) is 17.5. The Kier molecular flexibility index (Phi) is 6.57. The lowest BCUT2D eigenvalue weighted by Crippen LogP contribution is -2.03. The maximum atomic E-state index is 2.32. The van der Waals surface area contributed by atoms with E-state index in [4.69, 9.17) is 0 Å². The number of hydrogen-bond donors (Lipinski definition) is 0. The van der Waals surface area contributed by atoms with Gasteiger partial charge in [0.15, 0.2) is 0 Å². The van der Waals surface area contributed by atoms with Crippen LogP contribution in [0.2, 0.25) is 0 Å². The van der Waals surface area contributed by atoms with Gasteiger partial charge in [0.05, 0.1) is 0 Å². The lowest BCUT2D eigenvalue weighted by atomic mass is 9.84. The fourth-order valence-electron chi connectivity index (χ4n) is 4.04. The second-order valence-corrected chi connectivity index (χ2v) is 7.75. The van der Waals surface area contributed by atoms with Gasteiger partial charge in [-0.15, -0.1) is 0 Å². The summed E-state index contributed by atoms with van der Waals surface area (Å²) in [5.74, 6) is 0.230. The molecule has 0 saturated carbocycles. The highest BCUT2D eigenvalue weighted by Crippen LogP contribution is 2.32. The summed E-state index contributed by atoms with van der Waals surface area (Å²) in [4.78, 5) is 0. The Morgan fingerprint density at radius 3 is 1.70 bits per heavy atom. The maximum absolute atomic E-state index is 2.32. The normalized spacial score (nSPS) is 11.3. The average molecular weight is 389 g/mol. The van der Waals surface area contributed by atoms with Crippen molar-refractivity contribution < 1.29 is 0 Å². The number of benzene rings is 4. The minimum Gasteiger partial charge on any atom is -0.0651 e. The van der Waals surface area contributed by atoms with Crippen LogP contribution >= 0.6 is 0 Å². The molecule has 0 bridgehead atoms. The van der Waals surface area contributed by atoms with Crippen molar-refractivity contribution in [3.05, 3.63) is 143 Å². The van der Waals surface area contributed by atoms with Gasteiger partial charge in [0.25, 0.3) is 0 Å². The molecule has 30 heavy (non-hydrogen) atoms. The molecule has 0 amide bonds. The SMILES string of the molecule is CCCc1cccc(/C=C/c2cccc(C(c3ccccc3)c3ccccc3)c2)c1. The van der Waals surface area contributed by atoms with Gasteiger partial charge in [-0.25, -0.2) is 0 Å². The summed E-state index contributed by atoms with van der Waals surface area (Å²) in [5.41, 5.74) is 7.84. The van der Waals surface area contributed by atoms with Crippen LogP contribution < -0.4 is 0 Å². The molecule has 0 heteroatoms. The Morgan fingerprint density at radius 1 is 0.567 bits per heavy atom. The molecule has 0 radical (unpaired) electrons. The molecule has 0 spiro atoms. The van der Waals surface area contributed by atoms with Crippen LogP contribution in [0.4, 0.5) is 0 Å². The van der Waals surface area contributed by atoms with Crippen molar-refractivity contribution in [3.8, 4) is 0 Å². The second kappa shape index (κ2) is 9.89. The molecular weight excluding hydrogens is 360 g/mol. The van der Waals surface area contributed by atoms with Gasteiger partial charge in [-0.05, 0) is 39.8 Å². The number of rotatable bonds is 7. The molecule has 0 nitrogen and oxygen atoms in total. The van der Waals surface area contributed by atoms with Crippen LogP contribution in [0.15, 0.2) is 109 Å². The summed E-state index contributed by atoms with van der Waals surface area (Å²) in [6.45, 7) is 2.23. The maximum Gasteiger partial charge on any atom is 0.0340 e. The Bertz CT molecular complexity index is 1050. The number of hydrogen-bond acceptors (Lipinski definition) is 0. The predicted molar refractivity (Wildman–Crippen MR) is 130 cm³/mol. The Labute approximate surface area is 180 Å². The summed E-state index contributed by atoms with van der Waals surface area (Å²) in [6.07, 6.45) is 6.75. The van der Waals surface area contributed by atoms with E-state index < -0.39 is 0 Å². The van der Waals surface area contributed by atoms with Gasteiger partial charge >= 0.3 is 0 Å². The highest BCUT2D eigenvalue weighted by atomic mass is 14.2.